The molecule has 19 heavy (non-hydrogen) atoms. The smallest absolute Gasteiger partial charge is 0.235 e. The number of fused-ring (bicyclic) bond motifs is 1. The minimum Gasteiger partial charge on any atom is -0.469 e. The highest BCUT2D eigenvalue weighted by molar-refractivity contribution is 7.99. The lowest BCUT2D eigenvalue weighted by Gasteiger charge is -2.01. The van der Waals surface area contributed by atoms with E-state index in [1.54, 1.807) is 6.26 Å². The molecule has 7 heteroatoms. The van der Waals surface area contributed by atoms with Gasteiger partial charge in [0.15, 0.2) is 10.8 Å². The summed E-state index contributed by atoms with van der Waals surface area (Å²) >= 11 is 3.37. The van der Waals surface area contributed by atoms with Crippen molar-refractivity contribution in [2.75, 3.05) is 0 Å². The summed E-state index contributed by atoms with van der Waals surface area (Å²) in [6.45, 7) is 6.28. The van der Waals surface area contributed by atoms with Crippen LogP contribution in [0.4, 0.5) is 0 Å². The second-order valence-electron chi connectivity index (χ2n) is 4.47. The van der Waals surface area contributed by atoms with Gasteiger partial charge in [-0.25, -0.2) is 0 Å². The molecule has 0 saturated heterocycles. The SMILES string of the molecule is Cc1occc1-c1nn2c(CSC(C)C)nnc2s1. The number of nitrogens with zero attached hydrogens (tertiary/aromatic N) is 4. The van der Waals surface area contributed by atoms with Crippen LogP contribution in [0.2, 0.25) is 0 Å². The van der Waals surface area contributed by atoms with Crippen LogP contribution < -0.4 is 0 Å². The summed E-state index contributed by atoms with van der Waals surface area (Å²) in [5, 5.41) is 14.5. The van der Waals surface area contributed by atoms with Crippen molar-refractivity contribution in [3.63, 3.8) is 0 Å². The lowest BCUT2D eigenvalue weighted by molar-refractivity contribution is 0.535. The van der Waals surface area contributed by atoms with E-state index >= 15 is 0 Å². The van der Waals surface area contributed by atoms with E-state index < -0.39 is 0 Å². The maximum atomic E-state index is 5.32. The Kier molecular flexibility index (Phi) is 3.32. The Labute approximate surface area is 119 Å². The number of rotatable bonds is 4. The normalized spacial score (nSPS) is 11.8. The van der Waals surface area contributed by atoms with E-state index in [9.17, 15) is 0 Å². The average Bonchev–Trinajstić information content (AvgIpc) is 3.00. The Balaban J connectivity index is 1.96. The first-order valence-corrected chi connectivity index (χ1v) is 7.89. The number of hydrogen-bond acceptors (Lipinski definition) is 6. The molecule has 3 rings (SSSR count). The Hall–Kier alpha value is -1.34. The summed E-state index contributed by atoms with van der Waals surface area (Å²) in [5.41, 5.74) is 1.03. The fourth-order valence-electron chi connectivity index (χ4n) is 1.70. The van der Waals surface area contributed by atoms with E-state index in [0.717, 1.165) is 32.9 Å². The molecule has 3 aromatic rings. The van der Waals surface area contributed by atoms with Crippen molar-refractivity contribution < 1.29 is 4.42 Å². The summed E-state index contributed by atoms with van der Waals surface area (Å²) in [6, 6.07) is 1.93. The summed E-state index contributed by atoms with van der Waals surface area (Å²) in [5.74, 6) is 2.60. The van der Waals surface area contributed by atoms with Gasteiger partial charge in [0.2, 0.25) is 4.96 Å². The predicted molar refractivity (Wildman–Crippen MR) is 77.5 cm³/mol. The monoisotopic (exact) mass is 294 g/mol. The van der Waals surface area contributed by atoms with Crippen LogP contribution in [0.1, 0.15) is 25.4 Å². The Morgan fingerprint density at radius 2 is 2.26 bits per heavy atom. The molecule has 0 aliphatic carbocycles. The first kappa shape index (κ1) is 12.7. The van der Waals surface area contributed by atoms with Crippen molar-refractivity contribution in [2.24, 2.45) is 0 Å². The topological polar surface area (TPSA) is 56.2 Å². The van der Waals surface area contributed by atoms with Crippen LogP contribution in [-0.4, -0.2) is 25.1 Å². The standard InChI is InChI=1S/C12H14N4OS2/c1-7(2)18-6-10-13-14-12-16(10)15-11(19-12)9-4-5-17-8(9)3/h4-5,7H,6H2,1-3H3. The van der Waals surface area contributed by atoms with Gasteiger partial charge in [0.1, 0.15) is 5.76 Å². The summed E-state index contributed by atoms with van der Waals surface area (Å²) in [4.78, 5) is 0.829. The number of furan rings is 1. The van der Waals surface area contributed by atoms with Gasteiger partial charge >= 0.3 is 0 Å². The van der Waals surface area contributed by atoms with Gasteiger partial charge in [-0.2, -0.15) is 21.4 Å². The van der Waals surface area contributed by atoms with Crippen LogP contribution in [-0.2, 0) is 5.75 Å². The molecule has 0 spiro atoms. The largest absolute Gasteiger partial charge is 0.469 e. The van der Waals surface area contributed by atoms with E-state index in [1.807, 2.05) is 29.3 Å². The molecule has 0 radical (unpaired) electrons. The molecule has 3 aromatic heterocycles. The van der Waals surface area contributed by atoms with Crippen LogP contribution in [0.15, 0.2) is 16.7 Å². The minimum atomic E-state index is 0.571. The number of aryl methyl sites for hydroxylation is 1. The first-order valence-electron chi connectivity index (χ1n) is 6.02. The van der Waals surface area contributed by atoms with Crippen molar-refractivity contribution in [3.05, 3.63) is 23.9 Å². The molecule has 5 nitrogen and oxygen atoms in total. The molecule has 0 bridgehead atoms. The zero-order valence-corrected chi connectivity index (χ0v) is 12.6. The fourth-order valence-corrected chi connectivity index (χ4v) is 3.30. The first-order chi connectivity index (χ1) is 9.15. The zero-order chi connectivity index (χ0) is 13.4. The van der Waals surface area contributed by atoms with Crippen molar-refractivity contribution in [1.82, 2.24) is 19.8 Å². The molecule has 0 aliphatic heterocycles. The van der Waals surface area contributed by atoms with Crippen molar-refractivity contribution in [1.29, 1.82) is 0 Å². The lowest BCUT2D eigenvalue weighted by atomic mass is 10.3. The molecule has 0 amide bonds. The maximum Gasteiger partial charge on any atom is 0.235 e. The minimum absolute atomic E-state index is 0.571. The molecule has 0 aromatic carbocycles. The third-order valence-corrected chi connectivity index (χ3v) is 4.71. The number of thioether (sulfide) groups is 1. The maximum absolute atomic E-state index is 5.32. The van der Waals surface area contributed by atoms with Gasteiger partial charge in [-0.1, -0.05) is 25.2 Å². The van der Waals surface area contributed by atoms with E-state index in [-0.39, 0.29) is 0 Å². The summed E-state index contributed by atoms with van der Waals surface area (Å²) in [6.07, 6.45) is 1.68. The van der Waals surface area contributed by atoms with Gasteiger partial charge in [-0.3, -0.25) is 0 Å². The van der Waals surface area contributed by atoms with Gasteiger partial charge in [0, 0.05) is 0 Å². The van der Waals surface area contributed by atoms with Crippen LogP contribution in [0.25, 0.3) is 15.5 Å². The highest BCUT2D eigenvalue weighted by atomic mass is 32.2. The quantitative estimate of drug-likeness (QED) is 0.738. The third-order valence-electron chi connectivity index (χ3n) is 2.69. The predicted octanol–water partition coefficient (Wildman–Crippen LogP) is 3.40. The van der Waals surface area contributed by atoms with Crippen LogP contribution in [0, 0.1) is 6.92 Å². The molecule has 0 unspecified atom stereocenters. The van der Waals surface area contributed by atoms with Crippen molar-refractivity contribution in [2.45, 2.75) is 31.8 Å². The van der Waals surface area contributed by atoms with E-state index in [4.69, 9.17) is 4.42 Å². The molecule has 0 fully saturated rings. The summed E-state index contributed by atoms with van der Waals surface area (Å²) in [7, 11) is 0. The van der Waals surface area contributed by atoms with E-state index in [2.05, 4.69) is 29.1 Å². The molecule has 0 saturated carbocycles. The van der Waals surface area contributed by atoms with Crippen LogP contribution in [0.5, 0.6) is 0 Å². The van der Waals surface area contributed by atoms with Gasteiger partial charge in [-0.15, -0.1) is 10.2 Å². The molecular formula is C12H14N4OS2. The Bertz CT molecular complexity index is 698. The van der Waals surface area contributed by atoms with E-state index in [0.29, 0.717) is 5.25 Å². The molecule has 0 N–H and O–H groups in total. The van der Waals surface area contributed by atoms with Crippen LogP contribution >= 0.6 is 23.1 Å². The van der Waals surface area contributed by atoms with Crippen LogP contribution in [0.3, 0.4) is 0 Å². The van der Waals surface area contributed by atoms with Gasteiger partial charge in [0.25, 0.3) is 0 Å². The zero-order valence-electron chi connectivity index (χ0n) is 11.0. The Morgan fingerprint density at radius 1 is 1.42 bits per heavy atom. The van der Waals surface area contributed by atoms with Gasteiger partial charge in [0.05, 0.1) is 17.6 Å². The fraction of sp³-hybridized carbons (Fsp3) is 0.417. The lowest BCUT2D eigenvalue weighted by Crippen LogP contribution is -1.96. The Morgan fingerprint density at radius 3 is 2.95 bits per heavy atom. The second kappa shape index (κ2) is 4.97. The van der Waals surface area contributed by atoms with Gasteiger partial charge in [-0.05, 0) is 18.2 Å². The van der Waals surface area contributed by atoms with E-state index in [1.165, 1.54) is 11.3 Å². The van der Waals surface area contributed by atoms with Crippen molar-refractivity contribution >= 4 is 28.1 Å². The molecule has 0 aliphatic rings. The third kappa shape index (κ3) is 2.40. The molecular weight excluding hydrogens is 280 g/mol. The summed E-state index contributed by atoms with van der Waals surface area (Å²) < 4.78 is 7.15. The highest BCUT2D eigenvalue weighted by Crippen LogP contribution is 2.29. The molecule has 0 atom stereocenters. The average molecular weight is 294 g/mol. The highest BCUT2D eigenvalue weighted by Gasteiger charge is 2.15. The van der Waals surface area contributed by atoms with Gasteiger partial charge < -0.3 is 4.42 Å². The number of hydrogen-bond donors (Lipinski definition) is 0. The second-order valence-corrected chi connectivity index (χ2v) is 6.99. The number of aromatic nitrogens is 4. The molecule has 100 valence electrons. The molecule has 3 heterocycles. The van der Waals surface area contributed by atoms with Crippen molar-refractivity contribution in [3.8, 4) is 10.6 Å².